The van der Waals surface area contributed by atoms with Crippen molar-refractivity contribution < 1.29 is 13.2 Å². The Bertz CT molecular complexity index is 1240. The highest BCUT2D eigenvalue weighted by Crippen LogP contribution is 2.54. The van der Waals surface area contributed by atoms with E-state index in [1.807, 2.05) is 54.3 Å². The number of benzene rings is 2. The van der Waals surface area contributed by atoms with Crippen LogP contribution in [0.15, 0.2) is 61.2 Å². The highest BCUT2D eigenvalue weighted by atomic mass is 35.5. The predicted octanol–water partition coefficient (Wildman–Crippen LogP) is 6.74. The predicted molar refractivity (Wildman–Crippen MR) is 151 cm³/mol. The lowest BCUT2D eigenvalue weighted by Gasteiger charge is -2.52. The van der Waals surface area contributed by atoms with Crippen LogP contribution in [-0.4, -0.2) is 37.1 Å². The molecular weight excluding hydrogens is 527 g/mol. The van der Waals surface area contributed by atoms with Crippen molar-refractivity contribution in [3.8, 4) is 0 Å². The van der Waals surface area contributed by atoms with Crippen LogP contribution in [0.25, 0.3) is 0 Å². The molecule has 2 aliphatic rings. The first kappa shape index (κ1) is 28.2. The van der Waals surface area contributed by atoms with Crippen molar-refractivity contribution in [2.75, 3.05) is 6.54 Å². The number of halogens is 2. The van der Waals surface area contributed by atoms with Gasteiger partial charge < -0.3 is 4.90 Å². The number of piperidine rings is 1. The largest absolute Gasteiger partial charge is 0.330 e. The van der Waals surface area contributed by atoms with E-state index in [1.54, 1.807) is 19.9 Å². The summed E-state index contributed by atoms with van der Waals surface area (Å²) in [5.74, 6) is 0.219. The maximum Gasteiger partial charge on any atom is 0.229 e. The van der Waals surface area contributed by atoms with Gasteiger partial charge in [-0.05, 0) is 80.8 Å². The Morgan fingerprint density at radius 3 is 2.35 bits per heavy atom. The van der Waals surface area contributed by atoms with Gasteiger partial charge in [0.1, 0.15) is 0 Å². The summed E-state index contributed by atoms with van der Waals surface area (Å²) < 4.78 is 28.3. The van der Waals surface area contributed by atoms with E-state index in [0.717, 1.165) is 24.0 Å². The maximum absolute atomic E-state index is 14.4. The molecule has 1 aliphatic carbocycles. The van der Waals surface area contributed by atoms with Crippen molar-refractivity contribution in [1.29, 1.82) is 0 Å². The lowest BCUT2D eigenvalue weighted by Crippen LogP contribution is -2.58. The van der Waals surface area contributed by atoms with Gasteiger partial charge in [0.25, 0.3) is 0 Å². The van der Waals surface area contributed by atoms with Gasteiger partial charge in [0.2, 0.25) is 15.9 Å². The van der Waals surface area contributed by atoms with E-state index in [1.165, 1.54) is 0 Å². The maximum atomic E-state index is 14.4. The normalized spacial score (nSPS) is 25.4. The smallest absolute Gasteiger partial charge is 0.229 e. The molecule has 2 aromatic rings. The summed E-state index contributed by atoms with van der Waals surface area (Å²) in [5, 5.41) is 0.711. The van der Waals surface area contributed by atoms with Crippen LogP contribution in [0.5, 0.6) is 0 Å². The molecule has 2 fully saturated rings. The fourth-order valence-corrected chi connectivity index (χ4v) is 6.65. The average Bonchev–Trinajstić information content (AvgIpc) is 3.68. The summed E-state index contributed by atoms with van der Waals surface area (Å²) in [6, 6.07) is 14.9. The average molecular weight is 564 g/mol. The molecule has 0 radical (unpaired) electrons. The molecule has 0 bridgehead atoms. The molecule has 4 atom stereocenters. The molecule has 1 N–H and O–H groups in total. The summed E-state index contributed by atoms with van der Waals surface area (Å²) in [5.41, 5.74) is 1.35. The Morgan fingerprint density at radius 2 is 1.78 bits per heavy atom. The number of carbonyl (C=O) groups excluding carboxylic acids is 1. The van der Waals surface area contributed by atoms with Gasteiger partial charge in [0, 0.05) is 28.5 Å². The lowest BCUT2D eigenvalue weighted by atomic mass is 9.67. The summed E-state index contributed by atoms with van der Waals surface area (Å²) >= 11 is 12.7. The Hall–Kier alpha value is -1.86. The highest BCUT2D eigenvalue weighted by molar-refractivity contribution is 7.90. The Morgan fingerprint density at radius 1 is 1.11 bits per heavy atom. The van der Waals surface area contributed by atoms with Crippen LogP contribution in [0, 0.1) is 11.3 Å². The molecule has 1 saturated carbocycles. The van der Waals surface area contributed by atoms with Gasteiger partial charge in [0.15, 0.2) is 0 Å². The number of carbonyl (C=O) groups is 1. The number of nitrogens with zero attached hydrogens (tertiary/aromatic N) is 1. The van der Waals surface area contributed by atoms with Crippen molar-refractivity contribution in [2.45, 2.75) is 69.7 Å². The minimum absolute atomic E-state index is 0.0336. The molecule has 8 heteroatoms. The highest BCUT2D eigenvalue weighted by Gasteiger charge is 2.53. The molecule has 1 heterocycles. The molecule has 0 aromatic heterocycles. The quantitative estimate of drug-likeness (QED) is 0.326. The van der Waals surface area contributed by atoms with Crippen molar-refractivity contribution in [3.05, 3.63) is 82.4 Å². The molecule has 1 amide bonds. The number of nitrogens with one attached hydrogen (secondary N) is 1. The molecule has 200 valence electrons. The monoisotopic (exact) mass is 562 g/mol. The molecule has 1 saturated heterocycles. The summed E-state index contributed by atoms with van der Waals surface area (Å²) in [6.45, 7) is 9.45. The topological polar surface area (TPSA) is 66.5 Å². The molecule has 0 spiro atoms. The second kappa shape index (κ2) is 11.1. The molecule has 1 aliphatic heterocycles. The Labute approximate surface area is 231 Å². The van der Waals surface area contributed by atoms with E-state index >= 15 is 0 Å². The van der Waals surface area contributed by atoms with Crippen LogP contribution < -0.4 is 4.72 Å². The van der Waals surface area contributed by atoms with Crippen LogP contribution in [0.2, 0.25) is 10.0 Å². The van der Waals surface area contributed by atoms with Crippen molar-refractivity contribution in [3.63, 3.8) is 0 Å². The number of amides is 1. The molecule has 4 rings (SSSR count). The molecule has 1 unspecified atom stereocenters. The van der Waals surface area contributed by atoms with E-state index < -0.39 is 20.7 Å². The van der Waals surface area contributed by atoms with Gasteiger partial charge in [-0.3, -0.25) is 4.79 Å². The van der Waals surface area contributed by atoms with Gasteiger partial charge in [-0.25, -0.2) is 13.1 Å². The number of sulfonamides is 1. The third-order valence-corrected chi connectivity index (χ3v) is 10.1. The van der Waals surface area contributed by atoms with Crippen LogP contribution in [0.1, 0.15) is 69.5 Å². The summed E-state index contributed by atoms with van der Waals surface area (Å²) in [6.07, 6.45) is 4.89. The van der Waals surface area contributed by atoms with Crippen LogP contribution >= 0.6 is 23.2 Å². The first-order chi connectivity index (χ1) is 17.5. The third-order valence-electron chi connectivity index (χ3n) is 7.82. The Kier molecular flexibility index (Phi) is 8.44. The van der Waals surface area contributed by atoms with Gasteiger partial charge in [-0.2, -0.15) is 0 Å². The number of hydrogen-bond donors (Lipinski definition) is 1. The first-order valence-electron chi connectivity index (χ1n) is 12.9. The third kappa shape index (κ3) is 6.08. The van der Waals surface area contributed by atoms with E-state index in [9.17, 15) is 13.2 Å². The lowest BCUT2D eigenvalue weighted by molar-refractivity contribution is -0.155. The van der Waals surface area contributed by atoms with Crippen LogP contribution in [-0.2, 0) is 14.8 Å². The van der Waals surface area contributed by atoms with Crippen LogP contribution in [0.3, 0.4) is 0 Å². The summed E-state index contributed by atoms with van der Waals surface area (Å²) in [4.78, 5) is 16.4. The van der Waals surface area contributed by atoms with Gasteiger partial charge >= 0.3 is 0 Å². The Balaban J connectivity index is 1.87. The van der Waals surface area contributed by atoms with Gasteiger partial charge in [-0.1, -0.05) is 60.5 Å². The van der Waals surface area contributed by atoms with Crippen molar-refractivity contribution in [2.24, 2.45) is 11.3 Å². The molecule has 2 aromatic carbocycles. The van der Waals surface area contributed by atoms with Crippen molar-refractivity contribution >= 4 is 39.1 Å². The molecular formula is C29H36Cl2N2O3S. The fourth-order valence-electron chi connectivity index (χ4n) is 5.59. The minimum Gasteiger partial charge on any atom is -0.330 e. The van der Waals surface area contributed by atoms with E-state index in [0.29, 0.717) is 22.9 Å². The van der Waals surface area contributed by atoms with E-state index in [2.05, 4.69) is 17.4 Å². The molecule has 5 nitrogen and oxygen atoms in total. The number of likely N-dealkylation sites (tertiary alicyclic amines) is 1. The number of hydrogen-bond acceptors (Lipinski definition) is 3. The zero-order valence-corrected chi connectivity index (χ0v) is 24.0. The molecule has 37 heavy (non-hydrogen) atoms. The zero-order valence-electron chi connectivity index (χ0n) is 21.7. The van der Waals surface area contributed by atoms with Crippen molar-refractivity contribution in [1.82, 2.24) is 9.62 Å². The minimum atomic E-state index is -3.49. The number of rotatable bonds is 10. The second-order valence-corrected chi connectivity index (χ2v) is 14.2. The zero-order chi connectivity index (χ0) is 27.0. The number of allylic oxidation sites excluding steroid dienone is 1. The first-order valence-corrected chi connectivity index (χ1v) is 15.2. The SMILES string of the molecule is C=CC[C@@]1(C)CC(c2cccc(Cl)c2)[C@@H](c2ccc(Cl)cc2)N([C@H](CNS(=O)(=O)C(C)C)C2CC2)C1=O. The summed E-state index contributed by atoms with van der Waals surface area (Å²) in [7, 11) is -3.49. The van der Waals surface area contributed by atoms with Crippen LogP contribution in [0.4, 0.5) is 0 Å². The van der Waals surface area contributed by atoms with E-state index in [4.69, 9.17) is 23.2 Å². The van der Waals surface area contributed by atoms with Gasteiger partial charge in [-0.15, -0.1) is 6.58 Å². The van der Waals surface area contributed by atoms with E-state index in [-0.39, 0.29) is 36.4 Å². The standard InChI is InChI=1S/C29H36Cl2N2O3S/c1-5-15-29(4)17-25(22-7-6-8-24(31)16-22)27(21-11-13-23(30)14-12-21)33(28(29)34)26(20-9-10-20)18-32-37(35,36)19(2)3/h5-8,11-14,16,19-20,25-27,32H,1,9-10,15,17-18H2,2-4H3/t25?,26-,27-,29+/m1/s1. The fraction of sp³-hybridized carbons (Fsp3) is 0.483. The second-order valence-electron chi connectivity index (χ2n) is 11.0. The van der Waals surface area contributed by atoms with Gasteiger partial charge in [0.05, 0.1) is 16.7 Å².